The lowest BCUT2D eigenvalue weighted by Crippen LogP contribution is -2.34. The Labute approximate surface area is 142 Å². The molecule has 1 saturated heterocycles. The van der Waals surface area contributed by atoms with Gasteiger partial charge in [0.05, 0.1) is 17.7 Å². The Kier molecular flexibility index (Phi) is 4.09. The van der Waals surface area contributed by atoms with Gasteiger partial charge in [-0.1, -0.05) is 32.9 Å². The Morgan fingerprint density at radius 2 is 2.08 bits per heavy atom. The van der Waals surface area contributed by atoms with E-state index in [0.717, 1.165) is 16.4 Å². The first-order valence-corrected chi connectivity index (χ1v) is 8.02. The molecule has 6 nitrogen and oxygen atoms in total. The number of carbonyl (C=O) groups excluding carboxylic acids is 1. The largest absolute Gasteiger partial charge is 0.494 e. The highest BCUT2D eigenvalue weighted by molar-refractivity contribution is 6.62. The minimum atomic E-state index is -0.494. The van der Waals surface area contributed by atoms with Crippen LogP contribution in [0.15, 0.2) is 24.4 Å². The lowest BCUT2D eigenvalue weighted by molar-refractivity contribution is -0.123. The second-order valence-corrected chi connectivity index (χ2v) is 7.74. The van der Waals surface area contributed by atoms with Crippen molar-refractivity contribution < 1.29 is 14.1 Å². The van der Waals surface area contributed by atoms with Gasteiger partial charge in [-0.3, -0.25) is 10.1 Å². The van der Waals surface area contributed by atoms with Crippen LogP contribution < -0.4 is 10.8 Å². The molecule has 3 rings (SSSR count). The predicted octanol–water partition coefficient (Wildman–Crippen LogP) is 2.13. The number of fused-ring (bicyclic) bond motifs is 1. The molecule has 1 fully saturated rings. The average molecular weight is 327 g/mol. The summed E-state index contributed by atoms with van der Waals surface area (Å²) in [6.07, 6.45) is 1.70. The van der Waals surface area contributed by atoms with Crippen molar-refractivity contribution >= 4 is 35.3 Å². The first kappa shape index (κ1) is 16.9. The van der Waals surface area contributed by atoms with Crippen molar-refractivity contribution in [1.82, 2.24) is 9.97 Å². The van der Waals surface area contributed by atoms with E-state index in [-0.39, 0.29) is 18.6 Å². The summed E-state index contributed by atoms with van der Waals surface area (Å²) in [6, 6.07) is 5.77. The third kappa shape index (κ3) is 3.57. The van der Waals surface area contributed by atoms with Crippen LogP contribution in [0, 0.1) is 5.41 Å². The van der Waals surface area contributed by atoms with Gasteiger partial charge in [0.25, 0.3) is 0 Å². The second-order valence-electron chi connectivity index (χ2n) is 7.74. The molecule has 0 saturated carbocycles. The van der Waals surface area contributed by atoms with Gasteiger partial charge < -0.3 is 9.31 Å². The van der Waals surface area contributed by atoms with E-state index in [0.29, 0.717) is 12.6 Å². The standard InChI is InChI=1S/C17H22BN3O3/c1-16(2,3)14(22)21-15-19-9-11-8-12(6-7-13(11)20-15)18-23-10-17(4,5)24-18/h6-9H,10H2,1-5H3,(H,19,20,21,22). The van der Waals surface area contributed by atoms with Crippen molar-refractivity contribution in [2.75, 3.05) is 11.9 Å². The fourth-order valence-corrected chi connectivity index (χ4v) is 2.35. The third-order valence-electron chi connectivity index (χ3n) is 3.79. The van der Waals surface area contributed by atoms with Gasteiger partial charge in [0.2, 0.25) is 11.9 Å². The molecule has 0 unspecified atom stereocenters. The van der Waals surface area contributed by atoms with Gasteiger partial charge in [0, 0.05) is 17.0 Å². The minimum Gasteiger partial charge on any atom is -0.404 e. The number of nitrogens with one attached hydrogen (secondary N) is 1. The van der Waals surface area contributed by atoms with E-state index in [1.165, 1.54) is 0 Å². The van der Waals surface area contributed by atoms with Crippen molar-refractivity contribution in [1.29, 1.82) is 0 Å². The van der Waals surface area contributed by atoms with E-state index in [2.05, 4.69) is 15.3 Å². The van der Waals surface area contributed by atoms with Crippen LogP contribution >= 0.6 is 0 Å². The molecule has 0 aliphatic carbocycles. The van der Waals surface area contributed by atoms with Crippen LogP contribution in [0.2, 0.25) is 0 Å². The zero-order valence-corrected chi connectivity index (χ0v) is 14.7. The zero-order valence-electron chi connectivity index (χ0n) is 14.7. The molecule has 7 heteroatoms. The molecular formula is C17H22BN3O3. The number of nitrogens with zero attached hydrogens (tertiary/aromatic N) is 2. The lowest BCUT2D eigenvalue weighted by Gasteiger charge is -2.17. The number of hydrogen-bond donors (Lipinski definition) is 1. The fourth-order valence-electron chi connectivity index (χ4n) is 2.35. The van der Waals surface area contributed by atoms with E-state index in [1.807, 2.05) is 52.8 Å². The molecule has 1 aromatic heterocycles. The summed E-state index contributed by atoms with van der Waals surface area (Å²) in [5.41, 5.74) is 0.918. The maximum Gasteiger partial charge on any atom is 0.494 e. The number of amides is 1. The molecular weight excluding hydrogens is 305 g/mol. The lowest BCUT2D eigenvalue weighted by atomic mass is 9.79. The molecule has 1 amide bonds. The molecule has 24 heavy (non-hydrogen) atoms. The van der Waals surface area contributed by atoms with Crippen LogP contribution in [-0.2, 0) is 14.1 Å². The highest BCUT2D eigenvalue weighted by atomic mass is 16.7. The number of carbonyl (C=O) groups is 1. The molecule has 0 atom stereocenters. The highest BCUT2D eigenvalue weighted by Gasteiger charge is 2.38. The maximum absolute atomic E-state index is 12.0. The Balaban J connectivity index is 1.83. The van der Waals surface area contributed by atoms with Crippen LogP contribution in [0.4, 0.5) is 5.95 Å². The first-order valence-electron chi connectivity index (χ1n) is 8.02. The van der Waals surface area contributed by atoms with Crippen LogP contribution in [-0.4, -0.2) is 35.2 Å². The zero-order chi connectivity index (χ0) is 17.5. The Morgan fingerprint density at radius 3 is 2.71 bits per heavy atom. The highest BCUT2D eigenvalue weighted by Crippen LogP contribution is 2.21. The Bertz CT molecular complexity index is 786. The summed E-state index contributed by atoms with van der Waals surface area (Å²) < 4.78 is 11.6. The molecule has 1 N–H and O–H groups in total. The van der Waals surface area contributed by atoms with Crippen LogP contribution in [0.5, 0.6) is 0 Å². The normalized spacial score (nSPS) is 17.3. The molecule has 1 aliphatic heterocycles. The molecule has 0 radical (unpaired) electrons. The quantitative estimate of drug-likeness (QED) is 0.856. The smallest absolute Gasteiger partial charge is 0.404 e. The first-order chi connectivity index (χ1) is 11.1. The molecule has 0 bridgehead atoms. The molecule has 126 valence electrons. The summed E-state index contributed by atoms with van der Waals surface area (Å²) >= 11 is 0. The SMILES string of the molecule is CC1(C)COB(c2ccc3nc(NC(=O)C(C)(C)C)ncc3c2)O1. The molecule has 0 spiro atoms. The summed E-state index contributed by atoms with van der Waals surface area (Å²) in [5.74, 6) is 0.193. The van der Waals surface area contributed by atoms with E-state index in [9.17, 15) is 4.79 Å². The van der Waals surface area contributed by atoms with Crippen LogP contribution in [0.25, 0.3) is 10.9 Å². The van der Waals surface area contributed by atoms with Crippen molar-refractivity contribution in [2.24, 2.45) is 5.41 Å². The van der Waals surface area contributed by atoms with Crippen molar-refractivity contribution in [3.63, 3.8) is 0 Å². The molecule has 2 heterocycles. The molecule has 1 aliphatic rings. The average Bonchev–Trinajstić information content (AvgIpc) is 2.86. The summed E-state index contributed by atoms with van der Waals surface area (Å²) in [4.78, 5) is 20.7. The van der Waals surface area contributed by atoms with Gasteiger partial charge in [-0.25, -0.2) is 9.97 Å². The summed E-state index contributed by atoms with van der Waals surface area (Å²) in [5, 5.41) is 3.62. The van der Waals surface area contributed by atoms with Gasteiger partial charge in [-0.2, -0.15) is 0 Å². The van der Waals surface area contributed by atoms with Crippen molar-refractivity contribution in [2.45, 2.75) is 40.2 Å². The fraction of sp³-hybridized carbons (Fsp3) is 0.471. The number of hydrogen-bond acceptors (Lipinski definition) is 5. The second kappa shape index (κ2) is 5.83. The minimum absolute atomic E-state index is 0.117. The van der Waals surface area contributed by atoms with Gasteiger partial charge in [-0.15, -0.1) is 0 Å². The molecule has 1 aromatic carbocycles. The number of aromatic nitrogens is 2. The number of anilines is 1. The third-order valence-corrected chi connectivity index (χ3v) is 3.79. The predicted molar refractivity (Wildman–Crippen MR) is 94.1 cm³/mol. The van der Waals surface area contributed by atoms with Crippen LogP contribution in [0.3, 0.4) is 0 Å². The summed E-state index contributed by atoms with van der Waals surface area (Å²) in [6.45, 7) is 10.1. The summed E-state index contributed by atoms with van der Waals surface area (Å²) in [7, 11) is -0.371. The Morgan fingerprint density at radius 1 is 1.33 bits per heavy atom. The van der Waals surface area contributed by atoms with E-state index >= 15 is 0 Å². The van der Waals surface area contributed by atoms with Crippen LogP contribution in [0.1, 0.15) is 34.6 Å². The topological polar surface area (TPSA) is 73.3 Å². The van der Waals surface area contributed by atoms with Crippen molar-refractivity contribution in [3.05, 3.63) is 24.4 Å². The van der Waals surface area contributed by atoms with Gasteiger partial charge in [-0.05, 0) is 25.4 Å². The Hall–Kier alpha value is -1.99. The van der Waals surface area contributed by atoms with E-state index in [1.54, 1.807) is 6.20 Å². The monoisotopic (exact) mass is 327 g/mol. The van der Waals surface area contributed by atoms with Gasteiger partial charge in [0.1, 0.15) is 0 Å². The number of benzene rings is 1. The number of rotatable bonds is 2. The van der Waals surface area contributed by atoms with Gasteiger partial charge >= 0.3 is 7.12 Å². The van der Waals surface area contributed by atoms with E-state index < -0.39 is 5.41 Å². The maximum atomic E-state index is 12.0. The van der Waals surface area contributed by atoms with Gasteiger partial charge in [0.15, 0.2) is 0 Å². The molecule has 2 aromatic rings. The van der Waals surface area contributed by atoms with E-state index in [4.69, 9.17) is 9.31 Å². The van der Waals surface area contributed by atoms with Crippen molar-refractivity contribution in [3.8, 4) is 0 Å².